The Balaban J connectivity index is 1.93. The number of rotatable bonds is 7. The van der Waals surface area contributed by atoms with E-state index < -0.39 is 0 Å². The molecule has 2 N–H and O–H groups in total. The first kappa shape index (κ1) is 18.0. The zero-order valence-electron chi connectivity index (χ0n) is 13.6. The number of ether oxygens (including phenoxy) is 1. The van der Waals surface area contributed by atoms with E-state index in [0.29, 0.717) is 6.42 Å². The maximum absolute atomic E-state index is 12.2. The van der Waals surface area contributed by atoms with Gasteiger partial charge in [0.05, 0.1) is 13.3 Å². The van der Waals surface area contributed by atoms with Gasteiger partial charge >= 0.3 is 0 Å². The van der Waals surface area contributed by atoms with Gasteiger partial charge in [-0.1, -0.05) is 35.0 Å². The Bertz CT molecular complexity index is 702. The molecule has 0 radical (unpaired) electrons. The Hall–Kier alpha value is -2.34. The molecule has 2 rings (SSSR count). The van der Waals surface area contributed by atoms with Gasteiger partial charge in [0.1, 0.15) is 11.8 Å². The molecule has 0 bridgehead atoms. The van der Waals surface area contributed by atoms with Crippen molar-refractivity contribution in [3.63, 3.8) is 0 Å². The van der Waals surface area contributed by atoms with Crippen LogP contribution in [0.25, 0.3) is 0 Å². The van der Waals surface area contributed by atoms with Crippen LogP contribution >= 0.6 is 15.9 Å². The molecule has 0 saturated carbocycles. The third kappa shape index (κ3) is 5.38. The average molecular weight is 390 g/mol. The summed E-state index contributed by atoms with van der Waals surface area (Å²) in [6.07, 6.45) is 2.24. The molecular formula is C18H20BrN3O2. The van der Waals surface area contributed by atoms with Crippen molar-refractivity contribution >= 4 is 33.7 Å². The van der Waals surface area contributed by atoms with Crippen molar-refractivity contribution in [2.24, 2.45) is 5.10 Å². The number of hydrogen-bond donors (Lipinski definition) is 2. The number of methoxy groups -OCH3 is 1. The Morgan fingerprint density at radius 1 is 1.29 bits per heavy atom. The number of carbonyl (C=O) groups excluding carboxylic acids is 1. The predicted octanol–water partition coefficient (Wildman–Crippen LogP) is 3.80. The molecule has 6 heteroatoms. The maximum Gasteiger partial charge on any atom is 0.262 e. The molecule has 1 atom stereocenters. The molecule has 0 fully saturated rings. The summed E-state index contributed by atoms with van der Waals surface area (Å²) >= 11 is 3.39. The van der Waals surface area contributed by atoms with Gasteiger partial charge in [-0.15, -0.1) is 0 Å². The van der Waals surface area contributed by atoms with Crippen molar-refractivity contribution in [3.8, 4) is 5.75 Å². The third-order valence-electron chi connectivity index (χ3n) is 3.39. The minimum atomic E-state index is -0.353. The number of amides is 1. The highest BCUT2D eigenvalue weighted by atomic mass is 79.9. The van der Waals surface area contributed by atoms with Crippen molar-refractivity contribution in [1.29, 1.82) is 0 Å². The van der Waals surface area contributed by atoms with Crippen molar-refractivity contribution < 1.29 is 9.53 Å². The second kappa shape index (κ2) is 9.08. The molecule has 2 aromatic rings. The van der Waals surface area contributed by atoms with Crippen LogP contribution < -0.4 is 15.5 Å². The van der Waals surface area contributed by atoms with E-state index in [2.05, 4.69) is 31.8 Å². The minimum absolute atomic E-state index is 0.181. The quantitative estimate of drug-likeness (QED) is 0.559. The second-order valence-corrected chi connectivity index (χ2v) is 6.04. The summed E-state index contributed by atoms with van der Waals surface area (Å²) in [7, 11) is 1.61. The minimum Gasteiger partial charge on any atom is -0.497 e. The molecule has 126 valence electrons. The summed E-state index contributed by atoms with van der Waals surface area (Å²) in [5, 5.41) is 7.21. The molecule has 0 heterocycles. The van der Waals surface area contributed by atoms with Gasteiger partial charge < -0.3 is 10.1 Å². The van der Waals surface area contributed by atoms with Gasteiger partial charge in [0.25, 0.3) is 5.91 Å². The van der Waals surface area contributed by atoms with Crippen LogP contribution in [0, 0.1) is 0 Å². The van der Waals surface area contributed by atoms with Gasteiger partial charge in [0.2, 0.25) is 0 Å². The number of halogens is 1. The SMILES string of the molecule is CCC(Nc1ccc(Br)cc1)C(=O)NN=Cc1cccc(OC)c1. The molecule has 0 aliphatic carbocycles. The molecule has 24 heavy (non-hydrogen) atoms. The highest BCUT2D eigenvalue weighted by Crippen LogP contribution is 2.15. The van der Waals surface area contributed by atoms with E-state index in [1.807, 2.05) is 55.5 Å². The lowest BCUT2D eigenvalue weighted by atomic mass is 10.2. The molecule has 0 aromatic heterocycles. The van der Waals surface area contributed by atoms with Crippen molar-refractivity contribution in [3.05, 3.63) is 58.6 Å². The van der Waals surface area contributed by atoms with Crippen LogP contribution in [0.3, 0.4) is 0 Å². The molecular weight excluding hydrogens is 370 g/mol. The summed E-state index contributed by atoms with van der Waals surface area (Å²) < 4.78 is 6.14. The highest BCUT2D eigenvalue weighted by Gasteiger charge is 2.15. The lowest BCUT2D eigenvalue weighted by Gasteiger charge is -2.16. The van der Waals surface area contributed by atoms with Crippen LogP contribution in [0.1, 0.15) is 18.9 Å². The van der Waals surface area contributed by atoms with Crippen LogP contribution in [0.5, 0.6) is 5.75 Å². The zero-order chi connectivity index (χ0) is 17.4. The summed E-state index contributed by atoms with van der Waals surface area (Å²) in [5.41, 5.74) is 4.31. The highest BCUT2D eigenvalue weighted by molar-refractivity contribution is 9.10. The van der Waals surface area contributed by atoms with Gasteiger partial charge in [0.15, 0.2) is 0 Å². The first-order valence-electron chi connectivity index (χ1n) is 7.61. The summed E-state index contributed by atoms with van der Waals surface area (Å²) in [6.45, 7) is 1.95. The molecule has 0 spiro atoms. The predicted molar refractivity (Wildman–Crippen MR) is 101 cm³/mol. The Labute approximate surface area is 150 Å². The molecule has 1 unspecified atom stereocenters. The van der Waals surface area contributed by atoms with Crippen LogP contribution in [-0.2, 0) is 4.79 Å². The van der Waals surface area contributed by atoms with Gasteiger partial charge in [0, 0.05) is 10.2 Å². The van der Waals surface area contributed by atoms with Crippen molar-refractivity contribution in [2.45, 2.75) is 19.4 Å². The number of nitrogens with zero attached hydrogens (tertiary/aromatic N) is 1. The lowest BCUT2D eigenvalue weighted by Crippen LogP contribution is -2.36. The van der Waals surface area contributed by atoms with E-state index >= 15 is 0 Å². The lowest BCUT2D eigenvalue weighted by molar-refractivity contribution is -0.121. The fourth-order valence-corrected chi connectivity index (χ4v) is 2.33. The Kier molecular flexibility index (Phi) is 6.81. The molecule has 5 nitrogen and oxygen atoms in total. The van der Waals surface area contributed by atoms with Crippen LogP contribution in [-0.4, -0.2) is 25.3 Å². The normalized spacial score (nSPS) is 12.0. The van der Waals surface area contributed by atoms with Gasteiger partial charge in [-0.05, 0) is 48.4 Å². The molecule has 0 aliphatic rings. The van der Waals surface area contributed by atoms with E-state index in [1.54, 1.807) is 13.3 Å². The molecule has 2 aromatic carbocycles. The molecule has 0 saturated heterocycles. The summed E-state index contributed by atoms with van der Waals surface area (Å²) in [4.78, 5) is 12.2. The number of nitrogens with one attached hydrogen (secondary N) is 2. The monoisotopic (exact) mass is 389 g/mol. The standard InChI is InChI=1S/C18H20BrN3O2/c1-3-17(21-15-9-7-14(19)8-10-15)18(23)22-20-12-13-5-4-6-16(11-13)24-2/h4-12,17,21H,3H2,1-2H3,(H,22,23). The van der Waals surface area contributed by atoms with Crippen molar-refractivity contribution in [1.82, 2.24) is 5.43 Å². The number of benzene rings is 2. The third-order valence-corrected chi connectivity index (χ3v) is 3.92. The van der Waals surface area contributed by atoms with E-state index in [1.165, 1.54) is 0 Å². The van der Waals surface area contributed by atoms with E-state index in [9.17, 15) is 4.79 Å². The Morgan fingerprint density at radius 2 is 2.04 bits per heavy atom. The second-order valence-electron chi connectivity index (χ2n) is 5.12. The van der Waals surface area contributed by atoms with Gasteiger partial charge in [-0.2, -0.15) is 5.10 Å². The fraction of sp³-hybridized carbons (Fsp3) is 0.222. The first-order chi connectivity index (χ1) is 11.6. The molecule has 1 amide bonds. The number of carbonyl (C=O) groups is 1. The van der Waals surface area contributed by atoms with E-state index in [4.69, 9.17) is 4.74 Å². The average Bonchev–Trinajstić information content (AvgIpc) is 2.61. The van der Waals surface area contributed by atoms with Crippen molar-refractivity contribution in [2.75, 3.05) is 12.4 Å². The van der Waals surface area contributed by atoms with E-state index in [0.717, 1.165) is 21.5 Å². The van der Waals surface area contributed by atoms with Crippen LogP contribution in [0.4, 0.5) is 5.69 Å². The maximum atomic E-state index is 12.2. The van der Waals surface area contributed by atoms with Gasteiger partial charge in [-0.25, -0.2) is 5.43 Å². The smallest absolute Gasteiger partial charge is 0.262 e. The number of anilines is 1. The Morgan fingerprint density at radius 3 is 2.71 bits per heavy atom. The topological polar surface area (TPSA) is 62.7 Å². The van der Waals surface area contributed by atoms with Crippen LogP contribution in [0.2, 0.25) is 0 Å². The number of hydrazone groups is 1. The molecule has 0 aliphatic heterocycles. The first-order valence-corrected chi connectivity index (χ1v) is 8.40. The largest absolute Gasteiger partial charge is 0.497 e. The van der Waals surface area contributed by atoms with Crippen LogP contribution in [0.15, 0.2) is 58.1 Å². The van der Waals surface area contributed by atoms with E-state index in [-0.39, 0.29) is 11.9 Å². The fourth-order valence-electron chi connectivity index (χ4n) is 2.07. The summed E-state index contributed by atoms with van der Waals surface area (Å²) in [5.74, 6) is 0.563. The number of hydrogen-bond acceptors (Lipinski definition) is 4. The zero-order valence-corrected chi connectivity index (χ0v) is 15.2. The van der Waals surface area contributed by atoms with Gasteiger partial charge in [-0.3, -0.25) is 4.79 Å². The summed E-state index contributed by atoms with van der Waals surface area (Å²) in [6, 6.07) is 14.8.